The summed E-state index contributed by atoms with van der Waals surface area (Å²) in [5.41, 5.74) is 1.11. The summed E-state index contributed by atoms with van der Waals surface area (Å²) in [4.78, 5) is 12.8. The second-order valence-electron chi connectivity index (χ2n) is 8.60. The number of hydrogen-bond donors (Lipinski definition) is 1. The van der Waals surface area contributed by atoms with E-state index in [-0.39, 0.29) is 5.91 Å². The fourth-order valence-corrected chi connectivity index (χ4v) is 12.7. The van der Waals surface area contributed by atoms with Crippen molar-refractivity contribution in [2.45, 2.75) is 46.5 Å². The predicted molar refractivity (Wildman–Crippen MR) is 162 cm³/mol. The molecule has 3 aromatic rings. The van der Waals surface area contributed by atoms with E-state index in [9.17, 15) is 4.79 Å². The van der Waals surface area contributed by atoms with Crippen LogP contribution in [0.5, 0.6) is 0 Å². The summed E-state index contributed by atoms with van der Waals surface area (Å²) in [6, 6.07) is 32.5. The van der Waals surface area contributed by atoms with Gasteiger partial charge in [0.15, 0.2) is 0 Å². The van der Waals surface area contributed by atoms with Gasteiger partial charge in [-0.3, -0.25) is 0 Å². The summed E-state index contributed by atoms with van der Waals surface area (Å²) in [6.07, 6.45) is 4.64. The number of amides is 1. The number of unbranched alkanes of at least 4 members (excludes halogenated alkanes) is 2. The number of thioether (sulfide) groups is 2. The third-order valence-electron chi connectivity index (χ3n) is 5.96. The summed E-state index contributed by atoms with van der Waals surface area (Å²) in [7, 11) is -2.79. The minimum atomic E-state index is -2.79. The summed E-state index contributed by atoms with van der Waals surface area (Å²) in [6.45, 7) is 6.12. The fraction of sp³-hybridized carbons (Fsp3) is 0.300. The van der Waals surface area contributed by atoms with Crippen LogP contribution in [0, 0.1) is 0 Å². The molecule has 186 valence electrons. The molecule has 0 aliphatic heterocycles. The van der Waals surface area contributed by atoms with Crippen LogP contribution in [0.3, 0.4) is 0 Å². The fourth-order valence-electron chi connectivity index (χ4n) is 4.28. The summed E-state index contributed by atoms with van der Waals surface area (Å²) >= 11 is 3.84. The number of carbonyl (C=O) groups excluding carboxylic acids is 1. The van der Waals surface area contributed by atoms with Gasteiger partial charge in [0.05, 0.1) is 0 Å². The molecule has 5 heteroatoms. The first-order chi connectivity index (χ1) is 17.1. The van der Waals surface area contributed by atoms with Crippen LogP contribution in [0.1, 0.15) is 46.5 Å². The molecule has 0 aromatic heterocycles. The van der Waals surface area contributed by atoms with Crippen molar-refractivity contribution in [1.29, 1.82) is 0 Å². The molecule has 3 aromatic carbocycles. The van der Waals surface area contributed by atoms with Gasteiger partial charge in [0.2, 0.25) is 0 Å². The molecule has 0 saturated carbocycles. The first-order valence-corrected chi connectivity index (χ1v) is 16.6. The second-order valence-corrected chi connectivity index (χ2v) is 14.8. The minimum absolute atomic E-state index is 0.00986. The van der Waals surface area contributed by atoms with E-state index in [4.69, 9.17) is 0 Å². The average Bonchev–Trinajstić information content (AvgIpc) is 2.89. The van der Waals surface area contributed by atoms with Crippen LogP contribution in [-0.4, -0.2) is 17.4 Å². The zero-order valence-corrected chi connectivity index (χ0v) is 23.8. The Labute approximate surface area is 220 Å². The molecule has 0 bridgehead atoms. The summed E-state index contributed by atoms with van der Waals surface area (Å²) in [5.74, 6) is 2.10. The molecule has 1 amide bonds. The van der Waals surface area contributed by atoms with Gasteiger partial charge in [-0.15, -0.1) is 0 Å². The zero-order chi connectivity index (χ0) is 24.9. The van der Waals surface area contributed by atoms with Crippen LogP contribution in [0.15, 0.2) is 101 Å². The summed E-state index contributed by atoms with van der Waals surface area (Å²) in [5, 5.41) is 7.28. The van der Waals surface area contributed by atoms with Crippen LogP contribution in [0.25, 0.3) is 0 Å². The van der Waals surface area contributed by atoms with E-state index in [1.54, 1.807) is 6.92 Å². The van der Waals surface area contributed by atoms with Crippen molar-refractivity contribution in [2.75, 3.05) is 11.5 Å². The molecule has 0 fully saturated rings. The van der Waals surface area contributed by atoms with E-state index in [0.29, 0.717) is 0 Å². The van der Waals surface area contributed by atoms with Crippen molar-refractivity contribution < 1.29 is 4.79 Å². The SMILES string of the molecule is CCCCSC(SCCCC)=C(NC(C)=O)[PH](c1ccccc1)(c1ccccc1)c1ccccc1. The maximum atomic E-state index is 12.8. The van der Waals surface area contributed by atoms with Crippen LogP contribution in [-0.2, 0) is 4.79 Å². The van der Waals surface area contributed by atoms with Crippen LogP contribution < -0.4 is 21.2 Å². The van der Waals surface area contributed by atoms with E-state index >= 15 is 0 Å². The molecule has 1 N–H and O–H groups in total. The number of carbonyl (C=O) groups is 1. The van der Waals surface area contributed by atoms with Crippen molar-refractivity contribution >= 4 is 52.6 Å². The van der Waals surface area contributed by atoms with Gasteiger partial charge in [0.1, 0.15) is 0 Å². The number of rotatable bonds is 13. The van der Waals surface area contributed by atoms with Crippen molar-refractivity contribution in [3.63, 3.8) is 0 Å². The van der Waals surface area contributed by atoms with Crippen molar-refractivity contribution in [3.8, 4) is 0 Å². The van der Waals surface area contributed by atoms with Gasteiger partial charge in [-0.2, -0.15) is 0 Å². The van der Waals surface area contributed by atoms with E-state index in [1.807, 2.05) is 23.5 Å². The van der Waals surface area contributed by atoms with E-state index in [0.717, 1.165) is 42.6 Å². The Morgan fingerprint density at radius 2 is 1.06 bits per heavy atom. The van der Waals surface area contributed by atoms with Gasteiger partial charge in [-0.05, 0) is 0 Å². The molecule has 0 aliphatic carbocycles. The molecular weight excluding hydrogens is 485 g/mol. The molecule has 0 radical (unpaired) electrons. The Morgan fingerprint density at radius 1 is 0.686 bits per heavy atom. The molecule has 3 rings (SSSR count). The molecule has 0 spiro atoms. The van der Waals surface area contributed by atoms with Crippen molar-refractivity contribution in [3.05, 3.63) is 101 Å². The number of benzene rings is 3. The predicted octanol–water partition coefficient (Wildman–Crippen LogP) is 7.04. The van der Waals surface area contributed by atoms with Crippen molar-refractivity contribution in [1.82, 2.24) is 5.32 Å². The maximum absolute atomic E-state index is 12.8. The van der Waals surface area contributed by atoms with Crippen LogP contribution >= 0.6 is 30.8 Å². The van der Waals surface area contributed by atoms with Gasteiger partial charge < -0.3 is 0 Å². The third-order valence-corrected chi connectivity index (χ3v) is 13.7. The van der Waals surface area contributed by atoms with Crippen molar-refractivity contribution in [2.24, 2.45) is 0 Å². The zero-order valence-electron chi connectivity index (χ0n) is 21.1. The molecule has 0 aliphatic rings. The Morgan fingerprint density at radius 3 is 1.37 bits per heavy atom. The van der Waals surface area contributed by atoms with Gasteiger partial charge in [-0.1, -0.05) is 0 Å². The van der Waals surface area contributed by atoms with E-state index in [2.05, 4.69) is 110 Å². The third kappa shape index (κ3) is 7.03. The molecule has 0 saturated heterocycles. The number of nitrogens with one attached hydrogen (secondary N) is 1. The monoisotopic (exact) mass is 523 g/mol. The van der Waals surface area contributed by atoms with Gasteiger partial charge in [-0.25, -0.2) is 0 Å². The molecular formula is C30H38NOPS2. The van der Waals surface area contributed by atoms with E-state index < -0.39 is 7.26 Å². The van der Waals surface area contributed by atoms with Gasteiger partial charge in [0, 0.05) is 0 Å². The standard InChI is InChI=1S/C30H38NOPS2/c1-4-6-23-34-30(35-24-7-5-2)29(31-25(3)32)33(26-17-11-8-12-18-26,27-19-13-9-14-20-27)28-21-15-10-16-22-28/h8-22,33H,4-7,23-24H2,1-3H3,(H,31,32). The topological polar surface area (TPSA) is 29.1 Å². The van der Waals surface area contributed by atoms with Crippen LogP contribution in [0.4, 0.5) is 0 Å². The Balaban J connectivity index is 2.41. The normalized spacial score (nSPS) is 11.6. The van der Waals surface area contributed by atoms with E-state index in [1.165, 1.54) is 20.2 Å². The molecule has 35 heavy (non-hydrogen) atoms. The Bertz CT molecular complexity index is 963. The first kappa shape index (κ1) is 27.6. The molecule has 0 unspecified atom stereocenters. The second kappa shape index (κ2) is 14.5. The van der Waals surface area contributed by atoms with Gasteiger partial charge in [0.25, 0.3) is 0 Å². The Hall–Kier alpha value is -2.00. The molecule has 2 nitrogen and oxygen atoms in total. The molecule has 0 atom stereocenters. The first-order valence-electron chi connectivity index (χ1n) is 12.6. The average molecular weight is 524 g/mol. The van der Waals surface area contributed by atoms with Gasteiger partial charge >= 0.3 is 221 Å². The quantitative estimate of drug-likeness (QED) is 0.192. The summed E-state index contributed by atoms with van der Waals surface area (Å²) < 4.78 is 1.27. The van der Waals surface area contributed by atoms with Crippen LogP contribution in [0.2, 0.25) is 0 Å². The molecule has 0 heterocycles. The number of hydrogen-bond acceptors (Lipinski definition) is 3. The Kier molecular flexibility index (Phi) is 11.5.